The van der Waals surface area contributed by atoms with E-state index in [1.807, 2.05) is 24.3 Å². The lowest BCUT2D eigenvalue weighted by atomic mass is 10.1. The zero-order valence-corrected chi connectivity index (χ0v) is 11.5. The molecule has 0 amide bonds. The number of benzene rings is 1. The van der Waals surface area contributed by atoms with E-state index in [-0.39, 0.29) is 0 Å². The largest absolute Gasteiger partial charge is 0.454 e. The molecule has 0 aliphatic carbocycles. The molecule has 5 heteroatoms. The summed E-state index contributed by atoms with van der Waals surface area (Å²) in [6, 6.07) is 10.1. The molecule has 3 aromatic rings. The summed E-state index contributed by atoms with van der Waals surface area (Å²) in [5.41, 5.74) is 2.04. The standard InChI is InChI=1S/C14H9NO2S2/c1-2-13(18-5-1)14-15-10(7-19-14)9-3-4-11-12(6-9)17-8-16-11/h1-7H,8H2. The van der Waals surface area contributed by atoms with Gasteiger partial charge in [0.15, 0.2) is 11.5 Å². The highest BCUT2D eigenvalue weighted by molar-refractivity contribution is 7.20. The summed E-state index contributed by atoms with van der Waals surface area (Å²) in [6.45, 7) is 0.302. The lowest BCUT2D eigenvalue weighted by molar-refractivity contribution is 0.174. The molecule has 1 aromatic carbocycles. The maximum absolute atomic E-state index is 5.40. The number of thiophene rings is 1. The van der Waals surface area contributed by atoms with Gasteiger partial charge in [-0.15, -0.1) is 22.7 Å². The second kappa shape index (κ2) is 4.36. The Hall–Kier alpha value is -1.85. The summed E-state index contributed by atoms with van der Waals surface area (Å²) < 4.78 is 10.7. The fourth-order valence-electron chi connectivity index (χ4n) is 1.98. The molecule has 3 nitrogen and oxygen atoms in total. The molecule has 0 saturated carbocycles. The van der Waals surface area contributed by atoms with Crippen LogP contribution in [-0.4, -0.2) is 11.8 Å². The van der Waals surface area contributed by atoms with Gasteiger partial charge in [0, 0.05) is 10.9 Å². The Labute approximate surface area is 118 Å². The van der Waals surface area contributed by atoms with Crippen LogP contribution >= 0.6 is 22.7 Å². The van der Waals surface area contributed by atoms with E-state index in [0.717, 1.165) is 27.8 Å². The van der Waals surface area contributed by atoms with E-state index in [0.29, 0.717) is 6.79 Å². The maximum atomic E-state index is 5.40. The summed E-state index contributed by atoms with van der Waals surface area (Å²) in [5.74, 6) is 1.60. The van der Waals surface area contributed by atoms with Gasteiger partial charge in [0.2, 0.25) is 6.79 Å². The van der Waals surface area contributed by atoms with E-state index in [9.17, 15) is 0 Å². The van der Waals surface area contributed by atoms with Crippen LogP contribution in [0, 0.1) is 0 Å². The van der Waals surface area contributed by atoms with E-state index in [1.165, 1.54) is 4.88 Å². The number of hydrogen-bond acceptors (Lipinski definition) is 5. The third-order valence-electron chi connectivity index (χ3n) is 2.90. The SMILES string of the molecule is c1csc(-c2nc(-c3ccc4c(c3)OCO4)cs2)c1. The number of fused-ring (bicyclic) bond motifs is 1. The van der Waals surface area contributed by atoms with Gasteiger partial charge < -0.3 is 9.47 Å². The first-order chi connectivity index (χ1) is 9.40. The smallest absolute Gasteiger partial charge is 0.231 e. The molecule has 1 aliphatic rings. The van der Waals surface area contributed by atoms with Gasteiger partial charge in [-0.05, 0) is 29.6 Å². The van der Waals surface area contributed by atoms with Crippen molar-refractivity contribution in [1.29, 1.82) is 0 Å². The minimum Gasteiger partial charge on any atom is -0.454 e. The summed E-state index contributed by atoms with van der Waals surface area (Å²) in [6.07, 6.45) is 0. The lowest BCUT2D eigenvalue weighted by Gasteiger charge is -1.99. The van der Waals surface area contributed by atoms with E-state index in [4.69, 9.17) is 9.47 Å². The zero-order chi connectivity index (χ0) is 12.7. The van der Waals surface area contributed by atoms with Gasteiger partial charge in [-0.2, -0.15) is 0 Å². The minimum atomic E-state index is 0.302. The fraction of sp³-hybridized carbons (Fsp3) is 0.0714. The van der Waals surface area contributed by atoms with Crippen molar-refractivity contribution in [3.63, 3.8) is 0 Å². The molecule has 2 aromatic heterocycles. The number of ether oxygens (including phenoxy) is 2. The average Bonchev–Trinajstić information content (AvgIpc) is 3.18. The van der Waals surface area contributed by atoms with Gasteiger partial charge in [0.1, 0.15) is 5.01 Å². The molecular formula is C14H9NO2S2. The number of thiazole rings is 1. The van der Waals surface area contributed by atoms with Gasteiger partial charge >= 0.3 is 0 Å². The zero-order valence-electron chi connectivity index (χ0n) is 9.83. The summed E-state index contributed by atoms with van der Waals surface area (Å²) >= 11 is 3.37. The monoisotopic (exact) mass is 287 g/mol. The van der Waals surface area contributed by atoms with Crippen molar-refractivity contribution < 1.29 is 9.47 Å². The number of rotatable bonds is 2. The number of hydrogen-bond donors (Lipinski definition) is 0. The normalized spacial score (nSPS) is 12.8. The Morgan fingerprint density at radius 2 is 2.00 bits per heavy atom. The van der Waals surface area contributed by atoms with Gasteiger partial charge in [-0.1, -0.05) is 6.07 Å². The van der Waals surface area contributed by atoms with Gasteiger partial charge in [-0.3, -0.25) is 0 Å². The first kappa shape index (κ1) is 11.0. The maximum Gasteiger partial charge on any atom is 0.231 e. The van der Waals surface area contributed by atoms with Crippen LogP contribution in [0.4, 0.5) is 0 Å². The highest BCUT2D eigenvalue weighted by Gasteiger charge is 2.15. The van der Waals surface area contributed by atoms with Crippen molar-refractivity contribution >= 4 is 22.7 Å². The van der Waals surface area contributed by atoms with Gasteiger partial charge in [0.05, 0.1) is 10.6 Å². The summed E-state index contributed by atoms with van der Waals surface area (Å²) in [4.78, 5) is 5.89. The third kappa shape index (κ3) is 1.91. The van der Waals surface area contributed by atoms with Crippen molar-refractivity contribution in [1.82, 2.24) is 4.98 Å². The second-order valence-electron chi connectivity index (χ2n) is 4.08. The van der Waals surface area contributed by atoms with Crippen LogP contribution in [0.3, 0.4) is 0 Å². The van der Waals surface area contributed by atoms with Crippen LogP contribution in [-0.2, 0) is 0 Å². The first-order valence-electron chi connectivity index (χ1n) is 5.79. The van der Waals surface area contributed by atoms with Crippen LogP contribution in [0.5, 0.6) is 11.5 Å². The topological polar surface area (TPSA) is 31.4 Å². The van der Waals surface area contributed by atoms with Crippen molar-refractivity contribution in [2.24, 2.45) is 0 Å². The van der Waals surface area contributed by atoms with E-state index in [1.54, 1.807) is 22.7 Å². The van der Waals surface area contributed by atoms with Crippen LogP contribution in [0.15, 0.2) is 41.1 Å². The quantitative estimate of drug-likeness (QED) is 0.705. The van der Waals surface area contributed by atoms with Crippen molar-refractivity contribution in [3.8, 4) is 32.6 Å². The Morgan fingerprint density at radius 1 is 1.05 bits per heavy atom. The van der Waals surface area contributed by atoms with Crippen molar-refractivity contribution in [2.75, 3.05) is 6.79 Å². The predicted octanol–water partition coefficient (Wildman–Crippen LogP) is 4.27. The molecule has 4 rings (SSSR count). The molecular weight excluding hydrogens is 278 g/mol. The average molecular weight is 287 g/mol. The Balaban J connectivity index is 1.73. The molecule has 1 aliphatic heterocycles. The van der Waals surface area contributed by atoms with Crippen LogP contribution < -0.4 is 9.47 Å². The molecule has 19 heavy (non-hydrogen) atoms. The fourth-order valence-corrected chi connectivity index (χ4v) is 3.62. The minimum absolute atomic E-state index is 0.302. The summed E-state index contributed by atoms with van der Waals surface area (Å²) in [7, 11) is 0. The van der Waals surface area contributed by atoms with Crippen molar-refractivity contribution in [3.05, 3.63) is 41.1 Å². The third-order valence-corrected chi connectivity index (χ3v) is 4.79. The first-order valence-corrected chi connectivity index (χ1v) is 7.55. The Morgan fingerprint density at radius 3 is 2.89 bits per heavy atom. The molecule has 0 unspecified atom stereocenters. The molecule has 0 spiro atoms. The van der Waals surface area contributed by atoms with Crippen LogP contribution in [0.25, 0.3) is 21.1 Å². The van der Waals surface area contributed by atoms with E-state index in [2.05, 4.69) is 21.8 Å². The van der Waals surface area contributed by atoms with Crippen LogP contribution in [0.2, 0.25) is 0 Å². The predicted molar refractivity (Wildman–Crippen MR) is 77.0 cm³/mol. The number of aromatic nitrogens is 1. The van der Waals surface area contributed by atoms with Crippen LogP contribution in [0.1, 0.15) is 0 Å². The highest BCUT2D eigenvalue weighted by atomic mass is 32.1. The van der Waals surface area contributed by atoms with Crippen molar-refractivity contribution in [2.45, 2.75) is 0 Å². The molecule has 0 saturated heterocycles. The second-order valence-corrected chi connectivity index (χ2v) is 5.89. The molecule has 0 fully saturated rings. The summed E-state index contributed by atoms with van der Waals surface area (Å²) in [5, 5.41) is 5.20. The van der Waals surface area contributed by atoms with Gasteiger partial charge in [0.25, 0.3) is 0 Å². The molecule has 94 valence electrons. The Kier molecular flexibility index (Phi) is 2.53. The number of nitrogens with zero attached hydrogens (tertiary/aromatic N) is 1. The van der Waals surface area contributed by atoms with E-state index >= 15 is 0 Å². The molecule has 0 N–H and O–H groups in total. The molecule has 0 bridgehead atoms. The lowest BCUT2D eigenvalue weighted by Crippen LogP contribution is -1.92. The highest BCUT2D eigenvalue weighted by Crippen LogP contribution is 2.37. The molecule has 3 heterocycles. The molecule has 0 radical (unpaired) electrons. The Bertz CT molecular complexity index is 719. The molecule has 0 atom stereocenters. The van der Waals surface area contributed by atoms with Gasteiger partial charge in [-0.25, -0.2) is 4.98 Å². The van der Waals surface area contributed by atoms with E-state index < -0.39 is 0 Å².